The summed E-state index contributed by atoms with van der Waals surface area (Å²) >= 11 is 0. The van der Waals surface area contributed by atoms with Gasteiger partial charge in [0.1, 0.15) is 0 Å². The van der Waals surface area contributed by atoms with E-state index in [1.807, 2.05) is 13.0 Å². The van der Waals surface area contributed by atoms with Crippen LogP contribution >= 0.6 is 0 Å². The Morgan fingerprint density at radius 2 is 1.56 bits per heavy atom. The minimum Gasteiger partial charge on any atom is -0.481 e. The summed E-state index contributed by atoms with van der Waals surface area (Å²) in [7, 11) is 0. The second kappa shape index (κ2) is 6.99. The first-order valence-electron chi connectivity index (χ1n) is 13.7. The van der Waals surface area contributed by atoms with Crippen LogP contribution in [-0.2, 0) is 9.59 Å². The summed E-state index contributed by atoms with van der Waals surface area (Å²) in [6, 6.07) is 0. The Morgan fingerprint density at radius 3 is 2.21 bits per heavy atom. The fourth-order valence-corrected chi connectivity index (χ4v) is 10.4. The van der Waals surface area contributed by atoms with Gasteiger partial charge in [0.05, 0.1) is 11.5 Å². The topological polar surface area (TPSA) is 74.6 Å². The molecule has 0 heterocycles. The number of fused-ring (bicyclic) bond motifs is 7. The lowest BCUT2D eigenvalue weighted by Crippen LogP contribution is -2.66. The Bertz CT molecular complexity index is 965. The first-order valence-corrected chi connectivity index (χ1v) is 13.7. The molecule has 0 amide bonds. The van der Waals surface area contributed by atoms with Crippen molar-refractivity contribution in [3.8, 4) is 0 Å². The van der Waals surface area contributed by atoms with Crippen LogP contribution in [0.1, 0.15) is 106 Å². The van der Waals surface area contributed by atoms with Gasteiger partial charge in [-0.25, -0.2) is 0 Å². The lowest BCUT2D eigenvalue weighted by atomic mass is 9.33. The van der Waals surface area contributed by atoms with Crippen LogP contribution in [-0.4, -0.2) is 28.1 Å². The zero-order chi connectivity index (χ0) is 25.1. The van der Waals surface area contributed by atoms with Crippen molar-refractivity contribution in [1.29, 1.82) is 0 Å². The van der Waals surface area contributed by atoms with Crippen molar-refractivity contribution in [3.63, 3.8) is 0 Å². The number of aliphatic hydroxyl groups is 1. The minimum absolute atomic E-state index is 0.0296. The number of carboxylic acids is 1. The number of carboxylic acid groups (broad SMARTS) is 1. The number of ketones is 1. The van der Waals surface area contributed by atoms with Crippen molar-refractivity contribution in [2.45, 2.75) is 112 Å². The van der Waals surface area contributed by atoms with E-state index in [0.717, 1.165) is 51.4 Å². The van der Waals surface area contributed by atoms with Crippen molar-refractivity contribution in [1.82, 2.24) is 0 Å². The Hall–Kier alpha value is -1.16. The van der Waals surface area contributed by atoms with Gasteiger partial charge in [0.15, 0.2) is 5.78 Å². The van der Waals surface area contributed by atoms with E-state index in [1.165, 1.54) is 5.57 Å². The molecule has 4 heteroatoms. The van der Waals surface area contributed by atoms with Crippen LogP contribution in [0.25, 0.3) is 0 Å². The molecule has 5 aliphatic rings. The van der Waals surface area contributed by atoms with Gasteiger partial charge in [0, 0.05) is 5.92 Å². The lowest BCUT2D eigenvalue weighted by molar-refractivity contribution is -0.202. The average Bonchev–Trinajstić information content (AvgIpc) is 2.73. The molecule has 4 unspecified atom stereocenters. The first-order chi connectivity index (χ1) is 15.6. The van der Waals surface area contributed by atoms with Gasteiger partial charge in [-0.3, -0.25) is 9.59 Å². The Labute approximate surface area is 206 Å². The van der Waals surface area contributed by atoms with Crippen molar-refractivity contribution in [3.05, 3.63) is 11.6 Å². The van der Waals surface area contributed by atoms with Gasteiger partial charge in [-0.2, -0.15) is 0 Å². The van der Waals surface area contributed by atoms with Gasteiger partial charge in [-0.1, -0.05) is 47.1 Å². The fraction of sp³-hybridized carbons (Fsp3) is 0.867. The standard InChI is InChI=1S/C30H46O4/c1-25(2)21-8-11-30(7)23(28(21,5)10-9-22(25)32)20(31)16-18-19-17-27(4,24(33)34)13-12-26(19,3)14-15-29(18,30)6/h16,19,21-23,32H,8-15,17H2,1-7H3,(H,33,34)/t19?,21?,22?,23?,26-,27+,28-,29+,30-/m1/s1. The van der Waals surface area contributed by atoms with Gasteiger partial charge in [0.25, 0.3) is 0 Å². The molecule has 5 aliphatic carbocycles. The number of hydrogen-bond donors (Lipinski definition) is 2. The van der Waals surface area contributed by atoms with E-state index >= 15 is 0 Å². The molecule has 4 saturated carbocycles. The van der Waals surface area contributed by atoms with Gasteiger partial charge < -0.3 is 10.2 Å². The number of carbonyl (C=O) groups is 2. The smallest absolute Gasteiger partial charge is 0.309 e. The number of carbonyl (C=O) groups excluding carboxylic acids is 1. The number of allylic oxidation sites excluding steroid dienone is 2. The van der Waals surface area contributed by atoms with Crippen molar-refractivity contribution >= 4 is 11.8 Å². The second-order valence-electron chi connectivity index (χ2n) is 14.9. The molecule has 0 saturated heterocycles. The first kappa shape index (κ1) is 24.5. The van der Waals surface area contributed by atoms with Gasteiger partial charge in [-0.05, 0) is 110 Å². The molecule has 0 spiro atoms. The van der Waals surface area contributed by atoms with E-state index in [9.17, 15) is 19.8 Å². The number of aliphatic hydroxyl groups excluding tert-OH is 1. The van der Waals surface area contributed by atoms with Crippen LogP contribution in [0.3, 0.4) is 0 Å². The molecule has 4 nitrogen and oxygen atoms in total. The summed E-state index contributed by atoms with van der Waals surface area (Å²) in [5.41, 5.74) is 0.142. The van der Waals surface area contributed by atoms with Crippen molar-refractivity contribution in [2.24, 2.45) is 50.2 Å². The van der Waals surface area contributed by atoms with Gasteiger partial charge in [0.2, 0.25) is 0 Å². The Kier molecular flexibility index (Phi) is 5.04. The average molecular weight is 471 g/mol. The minimum atomic E-state index is -0.711. The summed E-state index contributed by atoms with van der Waals surface area (Å²) < 4.78 is 0. The number of rotatable bonds is 1. The van der Waals surface area contributed by atoms with Crippen LogP contribution in [0.4, 0.5) is 0 Å². The van der Waals surface area contributed by atoms with E-state index in [1.54, 1.807) is 0 Å². The third-order valence-corrected chi connectivity index (χ3v) is 13.1. The molecule has 190 valence electrons. The second-order valence-corrected chi connectivity index (χ2v) is 14.9. The maximum atomic E-state index is 14.2. The monoisotopic (exact) mass is 470 g/mol. The van der Waals surface area contributed by atoms with E-state index in [2.05, 4.69) is 41.5 Å². The molecule has 34 heavy (non-hydrogen) atoms. The summed E-state index contributed by atoms with van der Waals surface area (Å²) in [4.78, 5) is 26.4. The van der Waals surface area contributed by atoms with Crippen molar-refractivity contribution in [2.75, 3.05) is 0 Å². The number of aliphatic carboxylic acids is 1. The molecule has 0 bridgehead atoms. The summed E-state index contributed by atoms with van der Waals surface area (Å²) in [6.45, 7) is 15.8. The third kappa shape index (κ3) is 2.81. The molecular formula is C30H46O4. The normalized spacial score (nSPS) is 54.1. The predicted octanol–water partition coefficient (Wildman–Crippen LogP) is 6.41. The van der Waals surface area contributed by atoms with Crippen LogP contribution in [0.5, 0.6) is 0 Å². The highest BCUT2D eigenvalue weighted by molar-refractivity contribution is 5.95. The van der Waals surface area contributed by atoms with Gasteiger partial charge in [-0.15, -0.1) is 0 Å². The highest BCUT2D eigenvalue weighted by Crippen LogP contribution is 2.75. The quantitative estimate of drug-likeness (QED) is 0.464. The van der Waals surface area contributed by atoms with E-state index in [-0.39, 0.29) is 50.8 Å². The highest BCUT2D eigenvalue weighted by atomic mass is 16.4. The van der Waals surface area contributed by atoms with Crippen LogP contribution in [0, 0.1) is 50.2 Å². The molecule has 2 N–H and O–H groups in total. The predicted molar refractivity (Wildman–Crippen MR) is 133 cm³/mol. The maximum absolute atomic E-state index is 14.2. The number of hydrogen-bond acceptors (Lipinski definition) is 3. The third-order valence-electron chi connectivity index (χ3n) is 13.1. The Balaban J connectivity index is 1.62. The molecule has 0 aromatic rings. The molecular weight excluding hydrogens is 424 g/mol. The van der Waals surface area contributed by atoms with E-state index in [4.69, 9.17) is 0 Å². The van der Waals surface area contributed by atoms with Crippen LogP contribution in [0.2, 0.25) is 0 Å². The SMILES string of the molecule is CC1(C)C(O)CC[C@]2(C)C1CC[C@]1(C)C2C(=O)C=C2C3C[C@@](C)(C(=O)O)CC[C@]3(C)CC[C@@]21C. The highest BCUT2D eigenvalue weighted by Gasteiger charge is 2.70. The molecule has 0 aliphatic heterocycles. The van der Waals surface area contributed by atoms with Gasteiger partial charge >= 0.3 is 5.97 Å². The summed E-state index contributed by atoms with van der Waals surface area (Å²) in [5.74, 6) is 0.0603. The fourth-order valence-electron chi connectivity index (χ4n) is 10.4. The molecule has 5 rings (SSSR count). The molecule has 4 fully saturated rings. The maximum Gasteiger partial charge on any atom is 0.309 e. The van der Waals surface area contributed by atoms with Crippen LogP contribution in [0.15, 0.2) is 11.6 Å². The lowest BCUT2D eigenvalue weighted by Gasteiger charge is -2.70. The largest absolute Gasteiger partial charge is 0.481 e. The Morgan fingerprint density at radius 1 is 0.912 bits per heavy atom. The summed E-state index contributed by atoms with van der Waals surface area (Å²) in [6.07, 6.45) is 9.95. The van der Waals surface area contributed by atoms with Crippen LogP contribution < -0.4 is 0 Å². The molecule has 9 atom stereocenters. The zero-order valence-corrected chi connectivity index (χ0v) is 22.5. The van der Waals surface area contributed by atoms with E-state index < -0.39 is 11.4 Å². The van der Waals surface area contributed by atoms with E-state index in [0.29, 0.717) is 12.3 Å². The molecule has 0 radical (unpaired) electrons. The zero-order valence-electron chi connectivity index (χ0n) is 22.5. The van der Waals surface area contributed by atoms with Crippen molar-refractivity contribution < 1.29 is 19.8 Å². The molecule has 0 aromatic heterocycles. The summed E-state index contributed by atoms with van der Waals surface area (Å²) in [5, 5.41) is 20.9. The molecule has 0 aromatic carbocycles.